The molecule has 2 N–H and O–H groups in total. The van der Waals surface area contributed by atoms with Gasteiger partial charge in [0.15, 0.2) is 5.11 Å². The van der Waals surface area contributed by atoms with Crippen molar-refractivity contribution in [1.82, 2.24) is 5.32 Å². The van der Waals surface area contributed by atoms with Gasteiger partial charge in [0, 0.05) is 22.3 Å². The lowest BCUT2D eigenvalue weighted by Gasteiger charge is -2.32. The summed E-state index contributed by atoms with van der Waals surface area (Å²) in [6.07, 6.45) is 8.56. The summed E-state index contributed by atoms with van der Waals surface area (Å²) in [5.41, 5.74) is 2.29. The molecule has 1 fully saturated rings. The summed E-state index contributed by atoms with van der Waals surface area (Å²) >= 11 is 11.6. The third kappa shape index (κ3) is 5.98. The lowest BCUT2D eigenvalue weighted by atomic mass is 9.89. The molecule has 0 heterocycles. The smallest absolute Gasteiger partial charge is 0.171 e. The Morgan fingerprint density at radius 3 is 2.64 bits per heavy atom. The van der Waals surface area contributed by atoms with E-state index in [4.69, 9.17) is 28.6 Å². The fourth-order valence-electron chi connectivity index (χ4n) is 3.75. The summed E-state index contributed by atoms with van der Waals surface area (Å²) in [6, 6.07) is 16.0. The number of hydrogen-bond donors (Lipinski definition) is 2. The van der Waals surface area contributed by atoms with Crippen LogP contribution < -0.4 is 15.4 Å². The van der Waals surface area contributed by atoms with E-state index in [0.717, 1.165) is 42.1 Å². The molecule has 1 aliphatic rings. The Morgan fingerprint density at radius 1 is 1.18 bits per heavy atom. The van der Waals surface area contributed by atoms with Gasteiger partial charge in [-0.1, -0.05) is 55.3 Å². The van der Waals surface area contributed by atoms with Crippen LogP contribution in [0.25, 0.3) is 0 Å². The molecule has 0 unspecified atom stereocenters. The molecule has 1 aliphatic carbocycles. The number of benzene rings is 2. The second kappa shape index (κ2) is 9.94. The predicted octanol–water partition coefficient (Wildman–Crippen LogP) is 6.14. The molecule has 5 heteroatoms. The molecule has 0 amide bonds. The van der Waals surface area contributed by atoms with Gasteiger partial charge in [-0.25, -0.2) is 0 Å². The minimum absolute atomic E-state index is 0.0562. The van der Waals surface area contributed by atoms with Crippen LogP contribution in [0, 0.1) is 0 Å². The number of thiocarbonyl (C=S) groups is 1. The van der Waals surface area contributed by atoms with E-state index in [-0.39, 0.29) is 5.54 Å². The molecule has 0 atom stereocenters. The summed E-state index contributed by atoms with van der Waals surface area (Å²) in [5.74, 6) is 0.797. The highest BCUT2D eigenvalue weighted by molar-refractivity contribution is 7.80. The Labute approximate surface area is 178 Å². The highest BCUT2D eigenvalue weighted by Crippen LogP contribution is 2.34. The maximum Gasteiger partial charge on any atom is 0.171 e. The maximum absolute atomic E-state index is 6.00. The van der Waals surface area contributed by atoms with Gasteiger partial charge in [-0.3, -0.25) is 0 Å². The van der Waals surface area contributed by atoms with Crippen molar-refractivity contribution in [1.29, 1.82) is 0 Å². The minimum atomic E-state index is 0.0562. The quantitative estimate of drug-likeness (QED) is 0.401. The zero-order valence-electron chi connectivity index (χ0n) is 16.0. The molecule has 148 valence electrons. The first kappa shape index (κ1) is 20.7. The van der Waals surface area contributed by atoms with Crippen LogP contribution in [0.1, 0.15) is 37.7 Å². The molecule has 0 radical (unpaired) electrons. The van der Waals surface area contributed by atoms with Crippen LogP contribution in [-0.2, 0) is 6.42 Å². The Kier molecular flexibility index (Phi) is 7.35. The third-order valence-corrected chi connectivity index (χ3v) is 5.66. The van der Waals surface area contributed by atoms with Gasteiger partial charge >= 0.3 is 0 Å². The first-order chi connectivity index (χ1) is 13.6. The van der Waals surface area contributed by atoms with E-state index in [1.165, 1.54) is 18.4 Å². The van der Waals surface area contributed by atoms with E-state index in [0.29, 0.717) is 11.7 Å². The van der Waals surface area contributed by atoms with E-state index < -0.39 is 0 Å². The van der Waals surface area contributed by atoms with Crippen molar-refractivity contribution >= 4 is 34.6 Å². The SMILES string of the molecule is C=CCOc1cccc(NC(=S)NC2(CCc3ccc(Cl)cc3)CCCC2)c1. The van der Waals surface area contributed by atoms with E-state index in [9.17, 15) is 0 Å². The van der Waals surface area contributed by atoms with E-state index in [1.807, 2.05) is 36.4 Å². The fourth-order valence-corrected chi connectivity index (χ4v) is 4.21. The van der Waals surface area contributed by atoms with Gasteiger partial charge in [0.05, 0.1) is 0 Å². The Morgan fingerprint density at radius 2 is 1.93 bits per heavy atom. The minimum Gasteiger partial charge on any atom is -0.489 e. The van der Waals surface area contributed by atoms with Gasteiger partial charge in [-0.05, 0) is 67.7 Å². The molecule has 28 heavy (non-hydrogen) atoms. The average molecular weight is 415 g/mol. The maximum atomic E-state index is 6.00. The van der Waals surface area contributed by atoms with Crippen LogP contribution in [-0.4, -0.2) is 17.3 Å². The van der Waals surface area contributed by atoms with Gasteiger partial charge in [0.2, 0.25) is 0 Å². The number of hydrogen-bond acceptors (Lipinski definition) is 2. The normalized spacial score (nSPS) is 15.0. The van der Waals surface area contributed by atoms with Crippen molar-refractivity contribution in [2.24, 2.45) is 0 Å². The van der Waals surface area contributed by atoms with Gasteiger partial charge in [-0.15, -0.1) is 0 Å². The summed E-state index contributed by atoms with van der Waals surface area (Å²) < 4.78 is 5.60. The number of anilines is 1. The van der Waals surface area contributed by atoms with Gasteiger partial charge in [-0.2, -0.15) is 0 Å². The predicted molar refractivity (Wildman–Crippen MR) is 122 cm³/mol. The van der Waals surface area contributed by atoms with Crippen molar-refractivity contribution in [2.75, 3.05) is 11.9 Å². The van der Waals surface area contributed by atoms with Gasteiger partial charge < -0.3 is 15.4 Å². The molecule has 0 aromatic heterocycles. The molecular formula is C23H27ClN2OS. The van der Waals surface area contributed by atoms with E-state index in [2.05, 4.69) is 29.3 Å². The summed E-state index contributed by atoms with van der Waals surface area (Å²) in [4.78, 5) is 0. The number of rotatable bonds is 8. The second-order valence-corrected chi connectivity index (χ2v) is 8.17. The summed E-state index contributed by atoms with van der Waals surface area (Å²) in [7, 11) is 0. The third-order valence-electron chi connectivity index (χ3n) is 5.20. The summed E-state index contributed by atoms with van der Waals surface area (Å²) in [5, 5.41) is 8.38. The molecule has 0 spiro atoms. The van der Waals surface area contributed by atoms with Gasteiger partial charge in [0.25, 0.3) is 0 Å². The zero-order valence-corrected chi connectivity index (χ0v) is 17.6. The molecule has 3 nitrogen and oxygen atoms in total. The van der Waals surface area contributed by atoms with Crippen molar-refractivity contribution in [3.63, 3.8) is 0 Å². The van der Waals surface area contributed by atoms with Crippen molar-refractivity contribution in [3.05, 3.63) is 71.8 Å². The molecule has 3 rings (SSSR count). The van der Waals surface area contributed by atoms with Crippen LogP contribution in [0.4, 0.5) is 5.69 Å². The lowest BCUT2D eigenvalue weighted by Crippen LogP contribution is -2.48. The highest BCUT2D eigenvalue weighted by Gasteiger charge is 2.34. The molecule has 2 aromatic rings. The van der Waals surface area contributed by atoms with Crippen molar-refractivity contribution in [3.8, 4) is 5.75 Å². The molecule has 0 saturated heterocycles. The van der Waals surface area contributed by atoms with Crippen LogP contribution in [0.5, 0.6) is 5.75 Å². The molecule has 1 saturated carbocycles. The first-order valence-corrected chi connectivity index (χ1v) is 10.5. The van der Waals surface area contributed by atoms with Gasteiger partial charge in [0.1, 0.15) is 12.4 Å². The second-order valence-electron chi connectivity index (χ2n) is 7.32. The van der Waals surface area contributed by atoms with Crippen LogP contribution in [0.2, 0.25) is 5.02 Å². The lowest BCUT2D eigenvalue weighted by molar-refractivity contribution is 0.362. The van der Waals surface area contributed by atoms with E-state index >= 15 is 0 Å². The van der Waals surface area contributed by atoms with Crippen LogP contribution >= 0.6 is 23.8 Å². The van der Waals surface area contributed by atoms with E-state index in [1.54, 1.807) is 6.08 Å². The fraction of sp³-hybridized carbons (Fsp3) is 0.348. The monoisotopic (exact) mass is 414 g/mol. The molecular weight excluding hydrogens is 388 g/mol. The first-order valence-electron chi connectivity index (χ1n) is 9.76. The standard InChI is InChI=1S/C23H27ClN2OS/c1-2-16-27-21-7-5-6-20(17-21)25-22(28)26-23(13-3-4-14-23)15-12-18-8-10-19(24)11-9-18/h2,5-11,17H,1,3-4,12-16H2,(H2,25,26,28). The number of aryl methyl sites for hydroxylation is 1. The number of ether oxygens (including phenoxy) is 1. The molecule has 2 aromatic carbocycles. The Hall–Kier alpha value is -2.04. The zero-order chi connectivity index (χ0) is 19.8. The van der Waals surface area contributed by atoms with Crippen molar-refractivity contribution in [2.45, 2.75) is 44.1 Å². The number of halogens is 1. The van der Waals surface area contributed by atoms with Crippen LogP contribution in [0.3, 0.4) is 0 Å². The van der Waals surface area contributed by atoms with Crippen LogP contribution in [0.15, 0.2) is 61.2 Å². The Bertz CT molecular complexity index is 801. The topological polar surface area (TPSA) is 33.3 Å². The largest absolute Gasteiger partial charge is 0.489 e. The molecule has 0 bridgehead atoms. The molecule has 0 aliphatic heterocycles. The van der Waals surface area contributed by atoms with Crippen molar-refractivity contribution < 1.29 is 4.74 Å². The summed E-state index contributed by atoms with van der Waals surface area (Å²) in [6.45, 7) is 4.16. The number of nitrogens with one attached hydrogen (secondary N) is 2. The average Bonchev–Trinajstić information content (AvgIpc) is 3.14. The Balaban J connectivity index is 1.59. The highest BCUT2D eigenvalue weighted by atomic mass is 35.5.